The molecular weight excluding hydrogens is 401 g/mol. The van der Waals surface area contributed by atoms with Gasteiger partial charge in [0.25, 0.3) is 15.0 Å². The van der Waals surface area contributed by atoms with Crippen LogP contribution in [0.25, 0.3) is 0 Å². The third-order valence-corrected chi connectivity index (χ3v) is 6.74. The lowest BCUT2D eigenvalue weighted by molar-refractivity contribution is 0.0950. The normalized spacial score (nSPS) is 20.1. The largest absolute Gasteiger partial charge is 0.352 e. The fraction of sp³-hybridized carbons (Fsp3) is 0.462. The molecule has 2 rings (SSSR count). The van der Waals surface area contributed by atoms with Gasteiger partial charge in [0, 0.05) is 22.8 Å². The average Bonchev–Trinajstić information content (AvgIpc) is 2.95. The predicted octanol–water partition coefficient (Wildman–Crippen LogP) is 3.81. The number of rotatable bonds is 4. The van der Waals surface area contributed by atoms with E-state index in [1.54, 1.807) is 0 Å². The van der Waals surface area contributed by atoms with Gasteiger partial charge in [0.05, 0.1) is 14.4 Å². The minimum absolute atomic E-state index is 0.119. The summed E-state index contributed by atoms with van der Waals surface area (Å²) in [7, 11) is 1.35. The Labute approximate surface area is 141 Å². The summed E-state index contributed by atoms with van der Waals surface area (Å²) in [5, 5.41) is 2.91. The predicted molar refractivity (Wildman–Crippen MR) is 86.4 cm³/mol. The molecule has 1 aliphatic carbocycles. The molecule has 1 aliphatic rings. The monoisotopic (exact) mass is 413 g/mol. The van der Waals surface area contributed by atoms with Crippen molar-refractivity contribution in [3.63, 3.8) is 0 Å². The van der Waals surface area contributed by atoms with E-state index in [0.717, 1.165) is 6.42 Å². The summed E-state index contributed by atoms with van der Waals surface area (Å²) >= 11 is 9.00. The highest BCUT2D eigenvalue weighted by atomic mass is 79.9. The Morgan fingerprint density at radius 3 is 2.52 bits per heavy atom. The summed E-state index contributed by atoms with van der Waals surface area (Å²) in [5.41, 5.74) is 0.427. The van der Waals surface area contributed by atoms with Gasteiger partial charge in [0.1, 0.15) is 0 Å². The van der Waals surface area contributed by atoms with Crippen molar-refractivity contribution in [3.05, 3.63) is 27.2 Å². The SMILES string of the molecule is CC1(C)CC1CNC(=O)c1cc(Cl)c(Br)c(S(=O)(=O)Cl)c1. The van der Waals surface area contributed by atoms with E-state index in [1.165, 1.54) is 12.1 Å². The van der Waals surface area contributed by atoms with Crippen molar-refractivity contribution in [3.8, 4) is 0 Å². The molecule has 21 heavy (non-hydrogen) atoms. The molecule has 1 aromatic carbocycles. The highest BCUT2D eigenvalue weighted by molar-refractivity contribution is 9.10. The Morgan fingerprint density at radius 2 is 2.05 bits per heavy atom. The summed E-state index contributed by atoms with van der Waals surface area (Å²) < 4.78 is 23.1. The van der Waals surface area contributed by atoms with Crippen LogP contribution in [0.1, 0.15) is 30.6 Å². The van der Waals surface area contributed by atoms with Gasteiger partial charge in [-0.05, 0) is 45.8 Å². The fourth-order valence-electron chi connectivity index (χ4n) is 2.11. The molecule has 1 atom stereocenters. The number of hydrogen-bond acceptors (Lipinski definition) is 3. The van der Waals surface area contributed by atoms with Crippen LogP contribution in [-0.2, 0) is 9.05 Å². The molecule has 0 spiro atoms. The van der Waals surface area contributed by atoms with E-state index in [1.807, 2.05) is 0 Å². The van der Waals surface area contributed by atoms with Crippen LogP contribution in [0.15, 0.2) is 21.5 Å². The maximum absolute atomic E-state index is 12.1. The van der Waals surface area contributed by atoms with Crippen LogP contribution in [0.3, 0.4) is 0 Å². The third-order valence-electron chi connectivity index (χ3n) is 3.75. The highest BCUT2D eigenvalue weighted by Crippen LogP contribution is 2.51. The van der Waals surface area contributed by atoms with Gasteiger partial charge >= 0.3 is 0 Å². The molecule has 1 N–H and O–H groups in total. The van der Waals surface area contributed by atoms with Gasteiger partial charge in [0.15, 0.2) is 0 Å². The van der Waals surface area contributed by atoms with E-state index >= 15 is 0 Å². The van der Waals surface area contributed by atoms with Crippen molar-refractivity contribution < 1.29 is 13.2 Å². The van der Waals surface area contributed by atoms with Gasteiger partial charge < -0.3 is 5.32 Å². The van der Waals surface area contributed by atoms with Crippen LogP contribution < -0.4 is 5.32 Å². The van der Waals surface area contributed by atoms with E-state index < -0.39 is 9.05 Å². The highest BCUT2D eigenvalue weighted by Gasteiger charge is 2.45. The molecule has 1 amide bonds. The van der Waals surface area contributed by atoms with E-state index in [9.17, 15) is 13.2 Å². The average molecular weight is 415 g/mol. The van der Waals surface area contributed by atoms with Gasteiger partial charge in [-0.1, -0.05) is 25.4 Å². The van der Waals surface area contributed by atoms with E-state index in [0.29, 0.717) is 12.5 Å². The standard InChI is InChI=1S/C13H14BrCl2NO3S/c1-13(2)5-8(13)6-17-12(18)7-3-9(15)11(14)10(4-7)21(16,19)20/h3-4,8H,5-6H2,1-2H3,(H,17,18). The number of carbonyl (C=O) groups excluding carboxylic acids is 1. The molecule has 1 unspecified atom stereocenters. The van der Waals surface area contributed by atoms with Crippen LogP contribution >= 0.6 is 38.2 Å². The molecule has 8 heteroatoms. The van der Waals surface area contributed by atoms with Crippen molar-refractivity contribution in [2.45, 2.75) is 25.2 Å². The molecule has 0 saturated heterocycles. The minimum atomic E-state index is -3.99. The van der Waals surface area contributed by atoms with Crippen molar-refractivity contribution in [2.24, 2.45) is 11.3 Å². The van der Waals surface area contributed by atoms with E-state index in [2.05, 4.69) is 35.1 Å². The Hall–Kier alpha value is -0.300. The lowest BCUT2D eigenvalue weighted by Gasteiger charge is -2.09. The van der Waals surface area contributed by atoms with Gasteiger partial charge in [-0.2, -0.15) is 0 Å². The van der Waals surface area contributed by atoms with Gasteiger partial charge in [-0.25, -0.2) is 8.42 Å². The summed E-state index contributed by atoms with van der Waals surface area (Å²) in [6.07, 6.45) is 1.07. The van der Waals surface area contributed by atoms with E-state index in [4.69, 9.17) is 22.3 Å². The number of nitrogens with one attached hydrogen (secondary N) is 1. The second-order valence-electron chi connectivity index (χ2n) is 5.81. The Morgan fingerprint density at radius 1 is 1.48 bits per heavy atom. The van der Waals surface area contributed by atoms with Crippen LogP contribution in [0.4, 0.5) is 0 Å². The number of hydrogen-bond donors (Lipinski definition) is 1. The van der Waals surface area contributed by atoms with Crippen LogP contribution in [0.2, 0.25) is 5.02 Å². The first-order chi connectivity index (χ1) is 9.52. The first kappa shape index (κ1) is 17.1. The summed E-state index contributed by atoms with van der Waals surface area (Å²) in [5.74, 6) is 0.0808. The number of benzene rings is 1. The first-order valence-corrected chi connectivity index (χ1v) is 9.72. The summed E-state index contributed by atoms with van der Waals surface area (Å²) in [4.78, 5) is 11.9. The first-order valence-electron chi connectivity index (χ1n) is 6.24. The lowest BCUT2D eigenvalue weighted by Crippen LogP contribution is -2.26. The van der Waals surface area contributed by atoms with Crippen molar-refractivity contribution in [1.82, 2.24) is 5.32 Å². The Kier molecular flexibility index (Phi) is 4.65. The van der Waals surface area contributed by atoms with Crippen molar-refractivity contribution in [1.29, 1.82) is 0 Å². The molecule has 1 saturated carbocycles. The fourth-order valence-corrected chi connectivity index (χ4v) is 4.49. The Bertz CT molecular complexity index is 704. The Balaban J connectivity index is 2.20. The maximum Gasteiger partial charge on any atom is 0.262 e. The quantitative estimate of drug-likeness (QED) is 0.762. The molecule has 0 bridgehead atoms. The number of amides is 1. The van der Waals surface area contributed by atoms with Crippen LogP contribution in [0, 0.1) is 11.3 Å². The number of halogens is 3. The van der Waals surface area contributed by atoms with Crippen LogP contribution in [0.5, 0.6) is 0 Å². The lowest BCUT2D eigenvalue weighted by atomic mass is 10.1. The van der Waals surface area contributed by atoms with Gasteiger partial charge in [0.2, 0.25) is 0 Å². The minimum Gasteiger partial charge on any atom is -0.352 e. The summed E-state index contributed by atoms with van der Waals surface area (Å²) in [6, 6.07) is 2.62. The van der Waals surface area contributed by atoms with Gasteiger partial charge in [-0.15, -0.1) is 0 Å². The number of carbonyl (C=O) groups is 1. The molecule has 1 aromatic rings. The summed E-state index contributed by atoms with van der Waals surface area (Å²) in [6.45, 7) is 4.83. The van der Waals surface area contributed by atoms with Crippen LogP contribution in [-0.4, -0.2) is 20.9 Å². The molecule has 0 heterocycles. The molecule has 0 aliphatic heterocycles. The van der Waals surface area contributed by atoms with Crippen molar-refractivity contribution >= 4 is 53.2 Å². The molecule has 1 fully saturated rings. The zero-order chi connectivity index (χ0) is 16.0. The second kappa shape index (κ2) is 5.72. The topological polar surface area (TPSA) is 63.2 Å². The van der Waals surface area contributed by atoms with E-state index in [-0.39, 0.29) is 31.3 Å². The zero-order valence-corrected chi connectivity index (χ0v) is 15.3. The molecule has 0 radical (unpaired) electrons. The molecule has 4 nitrogen and oxygen atoms in total. The smallest absolute Gasteiger partial charge is 0.262 e. The maximum atomic E-state index is 12.1. The molecule has 116 valence electrons. The van der Waals surface area contributed by atoms with Crippen molar-refractivity contribution in [2.75, 3.05) is 6.54 Å². The molecule has 0 aromatic heterocycles. The molecular formula is C13H14BrCl2NO3S. The van der Waals surface area contributed by atoms with Gasteiger partial charge in [-0.3, -0.25) is 4.79 Å². The zero-order valence-electron chi connectivity index (χ0n) is 11.4. The second-order valence-corrected chi connectivity index (χ2v) is 9.54. The third kappa shape index (κ3) is 3.92.